The summed E-state index contributed by atoms with van der Waals surface area (Å²) >= 11 is 1.60. The Kier molecular flexibility index (Phi) is 4.48. The molecule has 1 aromatic rings. The lowest BCUT2D eigenvalue weighted by Gasteiger charge is -2.33. The molecule has 1 aromatic heterocycles. The van der Waals surface area contributed by atoms with E-state index < -0.39 is 5.60 Å². The van der Waals surface area contributed by atoms with E-state index in [1.54, 1.807) is 18.4 Å². The summed E-state index contributed by atoms with van der Waals surface area (Å²) < 4.78 is 5.21. The Morgan fingerprint density at radius 1 is 1.47 bits per heavy atom. The summed E-state index contributed by atoms with van der Waals surface area (Å²) in [5.74, 6) is 0. The van der Waals surface area contributed by atoms with Gasteiger partial charge in [-0.3, -0.25) is 0 Å². The Bertz CT molecular complexity index is 426. The maximum absolute atomic E-state index is 10.3. The van der Waals surface area contributed by atoms with Crippen LogP contribution in [0.4, 0.5) is 5.13 Å². The monoisotopic (exact) mass is 284 g/mol. The van der Waals surface area contributed by atoms with E-state index in [1.807, 2.05) is 13.8 Å². The SMILES string of the molecule is COCc1nc(N2CCCCC2C)sc1C(C)(C)O. The molecular formula is C14H24N2O2S. The van der Waals surface area contributed by atoms with Gasteiger partial charge in [0, 0.05) is 19.7 Å². The fraction of sp³-hybridized carbons (Fsp3) is 0.786. The minimum atomic E-state index is -0.858. The Balaban J connectivity index is 2.31. The first-order valence-corrected chi connectivity index (χ1v) is 7.73. The number of piperidine rings is 1. The zero-order valence-electron chi connectivity index (χ0n) is 12.3. The average molecular weight is 284 g/mol. The first kappa shape index (κ1) is 14.8. The van der Waals surface area contributed by atoms with E-state index in [2.05, 4.69) is 11.8 Å². The molecule has 1 fully saturated rings. The molecule has 1 aliphatic heterocycles. The molecule has 0 saturated carbocycles. The summed E-state index contributed by atoms with van der Waals surface area (Å²) in [6.45, 7) is 7.39. The van der Waals surface area contributed by atoms with Crippen molar-refractivity contribution >= 4 is 16.5 Å². The lowest BCUT2D eigenvalue weighted by Crippen LogP contribution is -2.37. The van der Waals surface area contributed by atoms with Gasteiger partial charge >= 0.3 is 0 Å². The Morgan fingerprint density at radius 2 is 2.21 bits per heavy atom. The van der Waals surface area contributed by atoms with Crippen LogP contribution in [0.2, 0.25) is 0 Å². The summed E-state index contributed by atoms with van der Waals surface area (Å²) in [6, 6.07) is 0.532. The van der Waals surface area contributed by atoms with Crippen LogP contribution in [0.15, 0.2) is 0 Å². The van der Waals surface area contributed by atoms with Crippen LogP contribution in [0, 0.1) is 0 Å². The molecule has 1 saturated heterocycles. The third-order valence-electron chi connectivity index (χ3n) is 3.57. The molecule has 2 rings (SSSR count). The lowest BCUT2D eigenvalue weighted by atomic mass is 10.0. The number of nitrogens with zero attached hydrogens (tertiary/aromatic N) is 2. The van der Waals surface area contributed by atoms with Crippen LogP contribution < -0.4 is 4.90 Å². The minimum absolute atomic E-state index is 0.456. The van der Waals surface area contributed by atoms with Crippen LogP contribution in [0.1, 0.15) is 50.6 Å². The minimum Gasteiger partial charge on any atom is -0.385 e. The fourth-order valence-electron chi connectivity index (χ4n) is 2.56. The molecule has 1 atom stereocenters. The van der Waals surface area contributed by atoms with E-state index in [9.17, 15) is 5.11 Å². The second-order valence-electron chi connectivity index (χ2n) is 5.80. The van der Waals surface area contributed by atoms with Gasteiger partial charge in [0.2, 0.25) is 0 Å². The van der Waals surface area contributed by atoms with Gasteiger partial charge < -0.3 is 14.7 Å². The number of methoxy groups -OCH3 is 1. The topological polar surface area (TPSA) is 45.6 Å². The number of aromatic nitrogens is 1. The molecular weight excluding hydrogens is 260 g/mol. The molecule has 0 radical (unpaired) electrons. The Hall–Kier alpha value is -0.650. The first-order chi connectivity index (χ1) is 8.93. The van der Waals surface area contributed by atoms with Crippen LogP contribution in [-0.2, 0) is 16.9 Å². The molecule has 0 aliphatic carbocycles. The molecule has 1 N–H and O–H groups in total. The molecule has 5 heteroatoms. The molecule has 0 spiro atoms. The molecule has 0 bridgehead atoms. The van der Waals surface area contributed by atoms with Crippen molar-refractivity contribution < 1.29 is 9.84 Å². The van der Waals surface area contributed by atoms with Gasteiger partial charge in [-0.15, -0.1) is 0 Å². The molecule has 1 aliphatic rings. The number of aliphatic hydroxyl groups is 1. The number of rotatable bonds is 4. The quantitative estimate of drug-likeness (QED) is 0.923. The second-order valence-corrected chi connectivity index (χ2v) is 6.78. The molecule has 19 heavy (non-hydrogen) atoms. The van der Waals surface area contributed by atoms with Crippen molar-refractivity contribution in [3.05, 3.63) is 10.6 Å². The summed E-state index contributed by atoms with van der Waals surface area (Å²) in [5, 5.41) is 11.3. The average Bonchev–Trinajstić information content (AvgIpc) is 2.74. The van der Waals surface area contributed by atoms with Crippen LogP contribution in [0.25, 0.3) is 0 Å². The highest BCUT2D eigenvalue weighted by Crippen LogP contribution is 2.36. The normalized spacial score (nSPS) is 20.9. The third-order valence-corrected chi connectivity index (χ3v) is 5.02. The highest BCUT2D eigenvalue weighted by atomic mass is 32.1. The number of thiazole rings is 1. The van der Waals surface area contributed by atoms with E-state index in [-0.39, 0.29) is 0 Å². The summed E-state index contributed by atoms with van der Waals surface area (Å²) in [5.41, 5.74) is 0.00998. The van der Waals surface area contributed by atoms with Gasteiger partial charge in [0.05, 0.1) is 22.8 Å². The van der Waals surface area contributed by atoms with E-state index in [1.165, 1.54) is 19.3 Å². The van der Waals surface area contributed by atoms with Crippen molar-refractivity contribution in [1.82, 2.24) is 4.98 Å². The van der Waals surface area contributed by atoms with Gasteiger partial charge in [-0.25, -0.2) is 4.98 Å². The van der Waals surface area contributed by atoms with Gasteiger partial charge in [-0.05, 0) is 40.0 Å². The van der Waals surface area contributed by atoms with Crippen LogP contribution in [0.5, 0.6) is 0 Å². The number of ether oxygens (including phenoxy) is 1. The summed E-state index contributed by atoms with van der Waals surface area (Å²) in [4.78, 5) is 7.98. The van der Waals surface area contributed by atoms with E-state index in [4.69, 9.17) is 9.72 Å². The maximum atomic E-state index is 10.3. The van der Waals surface area contributed by atoms with Crippen molar-refractivity contribution in [1.29, 1.82) is 0 Å². The molecule has 4 nitrogen and oxygen atoms in total. The van der Waals surface area contributed by atoms with Gasteiger partial charge in [-0.2, -0.15) is 0 Å². The molecule has 108 valence electrons. The molecule has 1 unspecified atom stereocenters. The zero-order chi connectivity index (χ0) is 14.0. The van der Waals surface area contributed by atoms with E-state index in [0.29, 0.717) is 12.6 Å². The highest BCUT2D eigenvalue weighted by molar-refractivity contribution is 7.15. The molecule has 0 aromatic carbocycles. The summed E-state index contributed by atoms with van der Waals surface area (Å²) in [6.07, 6.45) is 3.74. The third kappa shape index (κ3) is 3.27. The Morgan fingerprint density at radius 3 is 2.79 bits per heavy atom. The van der Waals surface area contributed by atoms with Crippen LogP contribution in [-0.4, -0.2) is 29.8 Å². The van der Waals surface area contributed by atoms with Crippen molar-refractivity contribution in [2.75, 3.05) is 18.6 Å². The van der Waals surface area contributed by atoms with Gasteiger partial charge in [0.15, 0.2) is 5.13 Å². The zero-order valence-corrected chi connectivity index (χ0v) is 13.1. The predicted molar refractivity (Wildman–Crippen MR) is 78.7 cm³/mol. The predicted octanol–water partition coefficient (Wildman–Crippen LogP) is 2.90. The second kappa shape index (κ2) is 5.77. The lowest BCUT2D eigenvalue weighted by molar-refractivity contribution is 0.0782. The molecule has 2 heterocycles. The van der Waals surface area contributed by atoms with E-state index in [0.717, 1.165) is 22.2 Å². The number of hydrogen-bond acceptors (Lipinski definition) is 5. The smallest absolute Gasteiger partial charge is 0.186 e. The maximum Gasteiger partial charge on any atom is 0.186 e. The van der Waals surface area contributed by atoms with Crippen LogP contribution in [0.3, 0.4) is 0 Å². The van der Waals surface area contributed by atoms with E-state index >= 15 is 0 Å². The fourth-order valence-corrected chi connectivity index (χ4v) is 3.76. The van der Waals surface area contributed by atoms with Crippen molar-refractivity contribution in [3.63, 3.8) is 0 Å². The largest absolute Gasteiger partial charge is 0.385 e. The Labute approximate surface area is 119 Å². The van der Waals surface area contributed by atoms with Gasteiger partial charge in [-0.1, -0.05) is 11.3 Å². The number of hydrogen-bond donors (Lipinski definition) is 1. The number of anilines is 1. The van der Waals surface area contributed by atoms with Crippen molar-refractivity contribution in [2.45, 2.75) is 58.3 Å². The highest BCUT2D eigenvalue weighted by Gasteiger charge is 2.28. The van der Waals surface area contributed by atoms with Crippen LogP contribution >= 0.6 is 11.3 Å². The van der Waals surface area contributed by atoms with Gasteiger partial charge in [0.25, 0.3) is 0 Å². The van der Waals surface area contributed by atoms with Gasteiger partial charge in [0.1, 0.15) is 0 Å². The summed E-state index contributed by atoms with van der Waals surface area (Å²) in [7, 11) is 1.66. The van der Waals surface area contributed by atoms with Crippen molar-refractivity contribution in [3.8, 4) is 0 Å². The first-order valence-electron chi connectivity index (χ1n) is 6.91. The molecule has 0 amide bonds. The standard InChI is InChI=1S/C14H24N2O2S/c1-10-7-5-6-8-16(10)13-15-11(9-18-4)12(19-13)14(2,3)17/h10,17H,5-9H2,1-4H3. The van der Waals surface area contributed by atoms with Crippen molar-refractivity contribution in [2.24, 2.45) is 0 Å².